The highest BCUT2D eigenvalue weighted by Gasteiger charge is 2.25. The molecule has 1 saturated heterocycles. The molecule has 0 aliphatic carbocycles. The van der Waals surface area contributed by atoms with E-state index >= 15 is 0 Å². The van der Waals surface area contributed by atoms with Gasteiger partial charge >= 0.3 is 0 Å². The first-order valence-corrected chi connectivity index (χ1v) is 9.88. The van der Waals surface area contributed by atoms with Crippen LogP contribution in [0, 0.1) is 0 Å². The van der Waals surface area contributed by atoms with Gasteiger partial charge in [-0.2, -0.15) is 0 Å². The van der Waals surface area contributed by atoms with Gasteiger partial charge in [0.2, 0.25) is 10.0 Å². The number of benzene rings is 1. The molecule has 1 aromatic carbocycles. The van der Waals surface area contributed by atoms with Crippen molar-refractivity contribution >= 4 is 15.7 Å². The summed E-state index contributed by atoms with van der Waals surface area (Å²) < 4.78 is 43.1. The summed E-state index contributed by atoms with van der Waals surface area (Å²) in [6.07, 6.45) is 3.44. The Bertz CT molecular complexity index is 780. The fraction of sp³-hybridized carbons (Fsp3) is 0.471. The Balaban J connectivity index is 1.62. The van der Waals surface area contributed by atoms with E-state index < -0.39 is 10.0 Å². The van der Waals surface area contributed by atoms with Gasteiger partial charge in [0.15, 0.2) is 5.76 Å². The highest BCUT2D eigenvalue weighted by molar-refractivity contribution is 7.92. The second kappa shape index (κ2) is 7.88. The lowest BCUT2D eigenvalue weighted by Crippen LogP contribution is -2.20. The maximum Gasteiger partial charge on any atom is 0.233 e. The highest BCUT2D eigenvalue weighted by Crippen LogP contribution is 2.32. The molecule has 0 unspecified atom stereocenters. The summed E-state index contributed by atoms with van der Waals surface area (Å²) in [5, 5.41) is 3.76. The molecular weight excluding hydrogens is 344 g/mol. The van der Waals surface area contributed by atoms with Gasteiger partial charge in [-0.3, -0.25) is 4.72 Å². The van der Waals surface area contributed by atoms with E-state index in [0.29, 0.717) is 31.1 Å². The first kappa shape index (κ1) is 17.8. The van der Waals surface area contributed by atoms with E-state index in [-0.39, 0.29) is 11.7 Å². The Morgan fingerprint density at radius 3 is 2.64 bits per heavy atom. The van der Waals surface area contributed by atoms with E-state index in [9.17, 15) is 8.42 Å². The van der Waals surface area contributed by atoms with Gasteiger partial charge in [-0.25, -0.2) is 8.42 Å². The first-order chi connectivity index (χ1) is 12.1. The van der Waals surface area contributed by atoms with Crippen LogP contribution in [0.2, 0.25) is 0 Å². The molecule has 2 heterocycles. The van der Waals surface area contributed by atoms with Crippen molar-refractivity contribution in [1.82, 2.24) is 5.16 Å². The summed E-state index contributed by atoms with van der Waals surface area (Å²) in [6, 6.07) is 7.36. The molecule has 7 nitrogen and oxygen atoms in total. The maximum atomic E-state index is 12.4. The van der Waals surface area contributed by atoms with Gasteiger partial charge in [-0.1, -0.05) is 17.3 Å². The lowest BCUT2D eigenvalue weighted by atomic mass is 9.97. The number of hydrogen-bond donors (Lipinski definition) is 1. The zero-order valence-corrected chi connectivity index (χ0v) is 14.9. The smallest absolute Gasteiger partial charge is 0.233 e. The zero-order valence-electron chi connectivity index (χ0n) is 14.1. The minimum atomic E-state index is -3.49. The Morgan fingerprint density at radius 2 is 1.96 bits per heavy atom. The normalized spacial score (nSPS) is 15.9. The lowest BCUT2D eigenvalue weighted by molar-refractivity contribution is 0.0793. The van der Waals surface area contributed by atoms with E-state index in [1.54, 1.807) is 7.11 Å². The lowest BCUT2D eigenvalue weighted by Gasteiger charge is -2.20. The molecule has 2 aromatic rings. The van der Waals surface area contributed by atoms with Gasteiger partial charge < -0.3 is 14.0 Å². The molecule has 1 fully saturated rings. The van der Waals surface area contributed by atoms with Crippen LogP contribution in [0.4, 0.5) is 5.69 Å². The molecule has 1 aliphatic rings. The summed E-state index contributed by atoms with van der Waals surface area (Å²) in [7, 11) is -1.90. The van der Waals surface area contributed by atoms with E-state index in [4.69, 9.17) is 14.0 Å². The molecule has 1 aliphatic heterocycles. The predicted octanol–water partition coefficient (Wildman–Crippen LogP) is 2.56. The standard InChI is InChI=1S/C17H22N2O5S/c1-22-15-4-2-13(3-5-15)8-11-25(20,21)19-16-12-18-24-17(16)14-6-9-23-10-7-14/h2-5,12,14,19H,6-11H2,1H3. The molecule has 25 heavy (non-hydrogen) atoms. The first-order valence-electron chi connectivity index (χ1n) is 8.23. The number of nitrogens with zero attached hydrogens (tertiary/aromatic N) is 1. The number of hydrogen-bond acceptors (Lipinski definition) is 6. The Morgan fingerprint density at radius 1 is 1.24 bits per heavy atom. The number of nitrogens with one attached hydrogen (secondary N) is 1. The summed E-state index contributed by atoms with van der Waals surface area (Å²) in [4.78, 5) is 0. The molecule has 0 saturated carbocycles. The van der Waals surface area contributed by atoms with Crippen LogP contribution in [-0.2, 0) is 21.2 Å². The molecule has 0 atom stereocenters. The van der Waals surface area contributed by atoms with Crippen molar-refractivity contribution in [3.05, 3.63) is 41.8 Å². The van der Waals surface area contributed by atoms with E-state index in [1.165, 1.54) is 6.20 Å². The van der Waals surface area contributed by atoms with Gasteiger partial charge in [-0.15, -0.1) is 0 Å². The van der Waals surface area contributed by atoms with Crippen molar-refractivity contribution in [2.24, 2.45) is 0 Å². The van der Waals surface area contributed by atoms with Crippen molar-refractivity contribution in [3.63, 3.8) is 0 Å². The van der Waals surface area contributed by atoms with Gasteiger partial charge in [-0.05, 0) is 37.0 Å². The van der Waals surface area contributed by atoms with E-state index in [1.807, 2.05) is 24.3 Å². The quantitative estimate of drug-likeness (QED) is 0.810. The second-order valence-electron chi connectivity index (χ2n) is 6.01. The zero-order chi connectivity index (χ0) is 17.7. The van der Waals surface area contributed by atoms with E-state index in [2.05, 4.69) is 9.88 Å². The average Bonchev–Trinajstić information content (AvgIpc) is 3.08. The molecule has 0 bridgehead atoms. The SMILES string of the molecule is COc1ccc(CCS(=O)(=O)Nc2cnoc2C2CCOCC2)cc1. The van der Waals surface area contributed by atoms with Crippen LogP contribution in [0.5, 0.6) is 5.75 Å². The molecule has 1 aromatic heterocycles. The van der Waals surface area contributed by atoms with Crippen LogP contribution in [0.3, 0.4) is 0 Å². The van der Waals surface area contributed by atoms with Crippen LogP contribution in [0.25, 0.3) is 0 Å². The number of rotatable bonds is 7. The number of anilines is 1. The maximum absolute atomic E-state index is 12.4. The second-order valence-corrected chi connectivity index (χ2v) is 7.85. The van der Waals surface area contributed by atoms with Crippen molar-refractivity contribution in [3.8, 4) is 5.75 Å². The van der Waals surface area contributed by atoms with Crippen molar-refractivity contribution in [2.45, 2.75) is 25.2 Å². The fourth-order valence-corrected chi connectivity index (χ4v) is 3.94. The molecule has 3 rings (SSSR count). The summed E-state index contributed by atoms with van der Waals surface area (Å²) >= 11 is 0. The third-order valence-electron chi connectivity index (χ3n) is 4.27. The number of methoxy groups -OCH3 is 1. The number of aryl methyl sites for hydroxylation is 1. The van der Waals surface area contributed by atoms with Crippen LogP contribution >= 0.6 is 0 Å². The summed E-state index contributed by atoms with van der Waals surface area (Å²) in [6.45, 7) is 1.30. The van der Waals surface area contributed by atoms with Crippen LogP contribution < -0.4 is 9.46 Å². The minimum absolute atomic E-state index is 0.0161. The topological polar surface area (TPSA) is 90.7 Å². The number of ether oxygens (including phenoxy) is 2. The molecule has 136 valence electrons. The third kappa shape index (κ3) is 4.73. The van der Waals surface area contributed by atoms with Crippen LogP contribution in [-0.4, -0.2) is 39.7 Å². The molecule has 1 N–H and O–H groups in total. The highest BCUT2D eigenvalue weighted by atomic mass is 32.2. The Kier molecular flexibility index (Phi) is 5.60. The largest absolute Gasteiger partial charge is 0.497 e. The van der Waals surface area contributed by atoms with Crippen molar-refractivity contribution in [1.29, 1.82) is 0 Å². The van der Waals surface area contributed by atoms with Crippen LogP contribution in [0.1, 0.15) is 30.1 Å². The van der Waals surface area contributed by atoms with Gasteiger partial charge in [0, 0.05) is 19.1 Å². The Hall–Kier alpha value is -2.06. The fourth-order valence-electron chi connectivity index (χ4n) is 2.84. The third-order valence-corrected chi connectivity index (χ3v) is 5.55. The predicted molar refractivity (Wildman–Crippen MR) is 93.4 cm³/mol. The van der Waals surface area contributed by atoms with Crippen LogP contribution in [0.15, 0.2) is 35.0 Å². The Labute approximate surface area is 147 Å². The monoisotopic (exact) mass is 366 g/mol. The molecule has 8 heteroatoms. The summed E-state index contributed by atoms with van der Waals surface area (Å²) in [5.41, 5.74) is 1.36. The van der Waals surface area contributed by atoms with Crippen molar-refractivity contribution in [2.75, 3.05) is 30.8 Å². The van der Waals surface area contributed by atoms with E-state index in [0.717, 1.165) is 24.2 Å². The molecule has 0 amide bonds. The minimum Gasteiger partial charge on any atom is -0.497 e. The van der Waals surface area contributed by atoms with Gasteiger partial charge in [0.05, 0.1) is 19.1 Å². The average molecular weight is 366 g/mol. The molecular formula is C17H22N2O5S. The van der Waals surface area contributed by atoms with Crippen molar-refractivity contribution < 1.29 is 22.4 Å². The van der Waals surface area contributed by atoms with Gasteiger partial charge in [0.1, 0.15) is 11.4 Å². The number of sulfonamides is 1. The molecule has 0 radical (unpaired) electrons. The number of aromatic nitrogens is 1. The molecule has 0 spiro atoms. The summed E-state index contributed by atoms with van der Waals surface area (Å²) in [5.74, 6) is 1.46. The van der Waals surface area contributed by atoms with Gasteiger partial charge in [0.25, 0.3) is 0 Å².